The molecule has 2 aromatic rings. The Morgan fingerprint density at radius 2 is 2.00 bits per heavy atom. The molecule has 1 fully saturated rings. The topological polar surface area (TPSA) is 68.5 Å². The number of aryl methyl sites for hydroxylation is 3. The Morgan fingerprint density at radius 3 is 2.71 bits per heavy atom. The maximum Gasteiger partial charge on any atom is 0.349 e. The number of rotatable bonds is 9. The van der Waals surface area contributed by atoms with E-state index < -0.39 is 5.63 Å². The molecule has 0 spiro atoms. The lowest BCUT2D eigenvalue weighted by molar-refractivity contribution is 0.0947. The molecule has 28 heavy (non-hydrogen) atoms. The first-order valence-electron chi connectivity index (χ1n) is 10.2. The maximum absolute atomic E-state index is 12.4. The fourth-order valence-electron chi connectivity index (χ4n) is 3.67. The molecule has 0 bridgehead atoms. The largest absolute Gasteiger partial charge is 0.427 e. The second-order valence-electron chi connectivity index (χ2n) is 7.53. The van der Waals surface area contributed by atoms with Crippen LogP contribution < -0.4 is 10.9 Å². The molecule has 1 saturated heterocycles. The van der Waals surface area contributed by atoms with E-state index in [-0.39, 0.29) is 11.5 Å². The molecule has 1 atom stereocenters. The number of benzene rings is 1. The fourth-order valence-corrected chi connectivity index (χ4v) is 3.67. The molecule has 3 rings (SSSR count). The highest BCUT2D eigenvalue weighted by Gasteiger charge is 2.18. The van der Waals surface area contributed by atoms with Gasteiger partial charge in [-0.3, -0.25) is 4.79 Å². The minimum Gasteiger partial charge on any atom is -0.427 e. The zero-order valence-corrected chi connectivity index (χ0v) is 16.5. The lowest BCUT2D eigenvalue weighted by Gasteiger charge is -2.10. The van der Waals surface area contributed by atoms with Crippen molar-refractivity contribution in [1.82, 2.24) is 5.32 Å². The van der Waals surface area contributed by atoms with Crippen LogP contribution in [0.2, 0.25) is 0 Å². The van der Waals surface area contributed by atoms with Crippen LogP contribution in [0.15, 0.2) is 45.6 Å². The number of nitrogens with one attached hydrogen (secondary N) is 1. The Balaban J connectivity index is 1.49. The highest BCUT2D eigenvalue weighted by Crippen LogP contribution is 2.17. The molecule has 0 saturated carbocycles. The first-order chi connectivity index (χ1) is 13.6. The molecule has 1 aliphatic heterocycles. The SMILES string of the molecule is Cc1cc(CCCc2ccccc2)oc(=O)c1C(=O)NCCCC1CCOC1. The molecule has 2 heterocycles. The molecule has 1 amide bonds. The summed E-state index contributed by atoms with van der Waals surface area (Å²) in [6, 6.07) is 12.0. The van der Waals surface area contributed by atoms with Gasteiger partial charge in [-0.2, -0.15) is 0 Å². The van der Waals surface area contributed by atoms with Gasteiger partial charge in [-0.15, -0.1) is 0 Å². The van der Waals surface area contributed by atoms with E-state index >= 15 is 0 Å². The zero-order chi connectivity index (χ0) is 19.8. The van der Waals surface area contributed by atoms with Gasteiger partial charge in [0.05, 0.1) is 0 Å². The van der Waals surface area contributed by atoms with Gasteiger partial charge in [0.1, 0.15) is 11.3 Å². The average molecular weight is 383 g/mol. The third-order valence-electron chi connectivity index (χ3n) is 5.26. The standard InChI is InChI=1S/C23H29NO4/c1-17-15-20(11-5-9-18-7-3-2-4-8-18)28-23(26)21(17)22(25)24-13-6-10-19-12-14-27-16-19/h2-4,7-8,15,19H,5-6,9-14,16H2,1H3,(H,24,25). The molecule has 1 aromatic heterocycles. The molecule has 1 N–H and O–H groups in total. The van der Waals surface area contributed by atoms with Crippen molar-refractivity contribution in [2.24, 2.45) is 5.92 Å². The Bertz CT molecular complexity index is 822. The summed E-state index contributed by atoms with van der Waals surface area (Å²) in [5.74, 6) is 0.889. The number of carbonyl (C=O) groups excluding carboxylic acids is 1. The van der Waals surface area contributed by atoms with Gasteiger partial charge in [0.25, 0.3) is 5.91 Å². The van der Waals surface area contributed by atoms with Crippen molar-refractivity contribution in [2.75, 3.05) is 19.8 Å². The number of hydrogen-bond acceptors (Lipinski definition) is 4. The lowest BCUT2D eigenvalue weighted by Crippen LogP contribution is -2.30. The molecule has 0 aliphatic carbocycles. The van der Waals surface area contributed by atoms with Crippen molar-refractivity contribution >= 4 is 5.91 Å². The van der Waals surface area contributed by atoms with Gasteiger partial charge in [-0.05, 0) is 62.1 Å². The molecular weight excluding hydrogens is 354 g/mol. The number of ether oxygens (including phenoxy) is 1. The van der Waals surface area contributed by atoms with Crippen LogP contribution in [-0.2, 0) is 17.6 Å². The highest BCUT2D eigenvalue weighted by atomic mass is 16.5. The van der Waals surface area contributed by atoms with Gasteiger partial charge in [0, 0.05) is 26.2 Å². The Morgan fingerprint density at radius 1 is 1.18 bits per heavy atom. The van der Waals surface area contributed by atoms with Crippen molar-refractivity contribution < 1.29 is 13.9 Å². The van der Waals surface area contributed by atoms with E-state index in [1.807, 2.05) is 24.3 Å². The minimum absolute atomic E-state index is 0.121. The lowest BCUT2D eigenvalue weighted by atomic mass is 10.0. The van der Waals surface area contributed by atoms with Gasteiger partial charge >= 0.3 is 5.63 Å². The van der Waals surface area contributed by atoms with E-state index in [1.54, 1.807) is 6.92 Å². The quantitative estimate of drug-likeness (QED) is 0.671. The van der Waals surface area contributed by atoms with Crippen LogP contribution in [0.25, 0.3) is 0 Å². The van der Waals surface area contributed by atoms with E-state index in [4.69, 9.17) is 9.15 Å². The fraction of sp³-hybridized carbons (Fsp3) is 0.478. The van der Waals surface area contributed by atoms with Crippen LogP contribution in [0.4, 0.5) is 0 Å². The zero-order valence-electron chi connectivity index (χ0n) is 16.5. The van der Waals surface area contributed by atoms with Gasteiger partial charge in [0.2, 0.25) is 0 Å². The van der Waals surface area contributed by atoms with E-state index in [0.717, 1.165) is 45.3 Å². The van der Waals surface area contributed by atoms with Gasteiger partial charge in [0.15, 0.2) is 0 Å². The number of amides is 1. The first-order valence-corrected chi connectivity index (χ1v) is 10.2. The summed E-state index contributed by atoms with van der Waals surface area (Å²) in [5, 5.41) is 2.85. The second kappa shape index (κ2) is 10.2. The minimum atomic E-state index is -0.545. The van der Waals surface area contributed by atoms with E-state index in [0.29, 0.717) is 30.2 Å². The summed E-state index contributed by atoms with van der Waals surface area (Å²) < 4.78 is 10.8. The number of carbonyl (C=O) groups is 1. The summed E-state index contributed by atoms with van der Waals surface area (Å²) in [5.41, 5.74) is 1.52. The molecule has 150 valence electrons. The van der Waals surface area contributed by atoms with Crippen molar-refractivity contribution in [3.63, 3.8) is 0 Å². The normalized spacial score (nSPS) is 16.2. The Hall–Kier alpha value is -2.40. The third-order valence-corrected chi connectivity index (χ3v) is 5.26. The predicted molar refractivity (Wildman–Crippen MR) is 109 cm³/mol. The molecule has 5 heteroatoms. The van der Waals surface area contributed by atoms with Crippen molar-refractivity contribution in [2.45, 2.75) is 45.4 Å². The van der Waals surface area contributed by atoms with Crippen molar-refractivity contribution in [3.8, 4) is 0 Å². The Kier molecular flexibility index (Phi) is 7.43. The molecule has 1 aromatic carbocycles. The predicted octanol–water partition coefficient (Wildman–Crippen LogP) is 3.67. The van der Waals surface area contributed by atoms with E-state index in [2.05, 4.69) is 17.4 Å². The summed E-state index contributed by atoms with van der Waals surface area (Å²) in [4.78, 5) is 24.7. The number of hydrogen-bond donors (Lipinski definition) is 1. The van der Waals surface area contributed by atoms with Crippen LogP contribution in [0.1, 0.15) is 52.9 Å². The first kappa shape index (κ1) is 20.3. The van der Waals surface area contributed by atoms with E-state index in [1.165, 1.54) is 5.56 Å². The van der Waals surface area contributed by atoms with Crippen LogP contribution in [0, 0.1) is 12.8 Å². The maximum atomic E-state index is 12.4. The summed E-state index contributed by atoms with van der Waals surface area (Å²) in [6.07, 6.45) is 5.52. The average Bonchev–Trinajstić information content (AvgIpc) is 3.19. The molecule has 5 nitrogen and oxygen atoms in total. The van der Waals surface area contributed by atoms with E-state index in [9.17, 15) is 9.59 Å². The molecular formula is C23H29NO4. The molecule has 1 unspecified atom stereocenters. The van der Waals surface area contributed by atoms with Crippen LogP contribution in [-0.4, -0.2) is 25.7 Å². The third kappa shape index (κ3) is 5.80. The monoisotopic (exact) mass is 383 g/mol. The van der Waals surface area contributed by atoms with Crippen molar-refractivity contribution in [1.29, 1.82) is 0 Å². The van der Waals surface area contributed by atoms with Gasteiger partial charge < -0.3 is 14.5 Å². The smallest absolute Gasteiger partial charge is 0.349 e. The van der Waals surface area contributed by atoms with Crippen molar-refractivity contribution in [3.05, 3.63) is 69.3 Å². The summed E-state index contributed by atoms with van der Waals surface area (Å²) in [7, 11) is 0. The second-order valence-corrected chi connectivity index (χ2v) is 7.53. The van der Waals surface area contributed by atoms with Crippen LogP contribution in [0.5, 0.6) is 0 Å². The summed E-state index contributed by atoms with van der Waals surface area (Å²) in [6.45, 7) is 4.02. The van der Waals surface area contributed by atoms with Gasteiger partial charge in [-0.25, -0.2) is 4.79 Å². The molecule has 0 radical (unpaired) electrons. The molecule has 1 aliphatic rings. The highest BCUT2D eigenvalue weighted by molar-refractivity contribution is 5.95. The summed E-state index contributed by atoms with van der Waals surface area (Å²) >= 11 is 0. The van der Waals surface area contributed by atoms with Gasteiger partial charge in [-0.1, -0.05) is 30.3 Å². The van der Waals surface area contributed by atoms with Crippen LogP contribution >= 0.6 is 0 Å². The Labute approximate surface area is 166 Å². The van der Waals surface area contributed by atoms with Crippen LogP contribution in [0.3, 0.4) is 0 Å².